The third-order valence-corrected chi connectivity index (χ3v) is 3.68. The average molecular weight is 253 g/mol. The zero-order valence-corrected chi connectivity index (χ0v) is 11.4. The molecule has 0 radical (unpaired) electrons. The summed E-state index contributed by atoms with van der Waals surface area (Å²) in [6.07, 6.45) is 3.45. The molecule has 2 N–H and O–H groups in total. The van der Waals surface area contributed by atoms with E-state index in [0.29, 0.717) is 6.04 Å². The predicted molar refractivity (Wildman–Crippen MR) is 74.8 cm³/mol. The highest BCUT2D eigenvalue weighted by atomic mass is 35.5. The van der Waals surface area contributed by atoms with E-state index in [1.165, 1.54) is 24.1 Å². The average Bonchev–Trinajstić information content (AvgIpc) is 2.64. The molecule has 1 aromatic carbocycles. The molecule has 1 aliphatic rings. The van der Waals surface area contributed by atoms with Gasteiger partial charge in [-0.1, -0.05) is 11.6 Å². The number of hydrogen-bond acceptors (Lipinski definition) is 2. The lowest BCUT2D eigenvalue weighted by Crippen LogP contribution is -2.28. The molecule has 2 unspecified atom stereocenters. The highest BCUT2D eigenvalue weighted by molar-refractivity contribution is 6.30. The SMILES string of the molecule is CC(N)Cc1cc(Cl)ccc1N1CCCC1C. The van der Waals surface area contributed by atoms with Crippen molar-refractivity contribution in [3.8, 4) is 0 Å². The van der Waals surface area contributed by atoms with E-state index < -0.39 is 0 Å². The van der Waals surface area contributed by atoms with Crippen LogP contribution in [0.2, 0.25) is 5.02 Å². The molecule has 2 atom stereocenters. The van der Waals surface area contributed by atoms with Crippen molar-refractivity contribution in [2.45, 2.75) is 45.2 Å². The second kappa shape index (κ2) is 5.28. The summed E-state index contributed by atoms with van der Waals surface area (Å²) in [4.78, 5) is 2.48. The van der Waals surface area contributed by atoms with Gasteiger partial charge in [-0.3, -0.25) is 0 Å². The maximum absolute atomic E-state index is 6.08. The Hall–Kier alpha value is -0.730. The lowest BCUT2D eigenvalue weighted by Gasteiger charge is -2.27. The monoisotopic (exact) mass is 252 g/mol. The van der Waals surface area contributed by atoms with Crippen LogP contribution < -0.4 is 10.6 Å². The Morgan fingerprint density at radius 3 is 2.88 bits per heavy atom. The number of nitrogens with zero attached hydrogens (tertiary/aromatic N) is 1. The van der Waals surface area contributed by atoms with Gasteiger partial charge in [-0.15, -0.1) is 0 Å². The van der Waals surface area contributed by atoms with Crippen molar-refractivity contribution in [1.82, 2.24) is 0 Å². The van der Waals surface area contributed by atoms with E-state index >= 15 is 0 Å². The first-order chi connectivity index (χ1) is 8.08. The van der Waals surface area contributed by atoms with Crippen LogP contribution in [0.15, 0.2) is 18.2 Å². The van der Waals surface area contributed by atoms with Crippen molar-refractivity contribution < 1.29 is 0 Å². The molecule has 1 saturated heterocycles. The van der Waals surface area contributed by atoms with Gasteiger partial charge in [0, 0.05) is 29.3 Å². The minimum Gasteiger partial charge on any atom is -0.369 e. The van der Waals surface area contributed by atoms with Gasteiger partial charge in [-0.2, -0.15) is 0 Å². The Balaban J connectivity index is 2.31. The molecule has 1 fully saturated rings. The molecule has 1 aromatic rings. The van der Waals surface area contributed by atoms with Crippen LogP contribution in [0.5, 0.6) is 0 Å². The fraction of sp³-hybridized carbons (Fsp3) is 0.571. The summed E-state index contributed by atoms with van der Waals surface area (Å²) in [7, 11) is 0. The van der Waals surface area contributed by atoms with Crippen LogP contribution in [-0.2, 0) is 6.42 Å². The number of halogens is 1. The first-order valence-electron chi connectivity index (χ1n) is 6.38. The lowest BCUT2D eigenvalue weighted by molar-refractivity contribution is 0.712. The summed E-state index contributed by atoms with van der Waals surface area (Å²) >= 11 is 6.08. The summed E-state index contributed by atoms with van der Waals surface area (Å²) in [5, 5.41) is 0.802. The van der Waals surface area contributed by atoms with E-state index in [0.717, 1.165) is 18.0 Å². The number of anilines is 1. The van der Waals surface area contributed by atoms with E-state index in [4.69, 9.17) is 17.3 Å². The smallest absolute Gasteiger partial charge is 0.0410 e. The summed E-state index contributed by atoms with van der Waals surface area (Å²) in [5.74, 6) is 0. The van der Waals surface area contributed by atoms with Crippen LogP contribution in [0.4, 0.5) is 5.69 Å². The van der Waals surface area contributed by atoms with Crippen molar-refractivity contribution >= 4 is 17.3 Å². The zero-order chi connectivity index (χ0) is 12.4. The molecule has 94 valence electrons. The van der Waals surface area contributed by atoms with E-state index in [1.807, 2.05) is 13.0 Å². The highest BCUT2D eigenvalue weighted by Gasteiger charge is 2.22. The van der Waals surface area contributed by atoms with Crippen LogP contribution in [0.25, 0.3) is 0 Å². The quantitative estimate of drug-likeness (QED) is 0.895. The molecule has 1 aliphatic heterocycles. The van der Waals surface area contributed by atoms with E-state index in [2.05, 4.69) is 24.0 Å². The minimum absolute atomic E-state index is 0.171. The summed E-state index contributed by atoms with van der Waals surface area (Å²) in [6.45, 7) is 5.48. The molecular weight excluding hydrogens is 232 g/mol. The molecule has 0 aliphatic carbocycles. The van der Waals surface area contributed by atoms with Crippen LogP contribution in [-0.4, -0.2) is 18.6 Å². The van der Waals surface area contributed by atoms with Crippen molar-refractivity contribution in [3.05, 3.63) is 28.8 Å². The number of nitrogens with two attached hydrogens (primary N) is 1. The van der Waals surface area contributed by atoms with Crippen molar-refractivity contribution in [2.75, 3.05) is 11.4 Å². The van der Waals surface area contributed by atoms with Crippen LogP contribution in [0, 0.1) is 0 Å². The second-order valence-electron chi connectivity index (χ2n) is 5.14. The van der Waals surface area contributed by atoms with Crippen molar-refractivity contribution in [1.29, 1.82) is 0 Å². The Morgan fingerprint density at radius 2 is 2.29 bits per heavy atom. The van der Waals surface area contributed by atoms with E-state index in [-0.39, 0.29) is 6.04 Å². The lowest BCUT2D eigenvalue weighted by atomic mass is 10.0. The summed E-state index contributed by atoms with van der Waals surface area (Å²) < 4.78 is 0. The molecule has 0 saturated carbocycles. The van der Waals surface area contributed by atoms with Crippen molar-refractivity contribution in [3.63, 3.8) is 0 Å². The zero-order valence-electron chi connectivity index (χ0n) is 10.6. The molecule has 2 nitrogen and oxygen atoms in total. The molecule has 0 amide bonds. The predicted octanol–water partition coefficient (Wildman–Crippen LogP) is 3.22. The third kappa shape index (κ3) is 2.93. The molecular formula is C14H21ClN2. The van der Waals surface area contributed by atoms with Crippen molar-refractivity contribution in [2.24, 2.45) is 5.73 Å². The fourth-order valence-electron chi connectivity index (χ4n) is 2.64. The van der Waals surface area contributed by atoms with Gasteiger partial charge >= 0.3 is 0 Å². The normalized spacial score (nSPS) is 21.9. The highest BCUT2D eigenvalue weighted by Crippen LogP contribution is 2.31. The molecule has 17 heavy (non-hydrogen) atoms. The fourth-order valence-corrected chi connectivity index (χ4v) is 2.83. The van der Waals surface area contributed by atoms with Crippen LogP contribution in [0.3, 0.4) is 0 Å². The maximum atomic E-state index is 6.08. The third-order valence-electron chi connectivity index (χ3n) is 3.45. The van der Waals surface area contributed by atoms with Crippen LogP contribution >= 0.6 is 11.6 Å². The van der Waals surface area contributed by atoms with Gasteiger partial charge in [0.2, 0.25) is 0 Å². The Bertz CT molecular complexity index is 390. The van der Waals surface area contributed by atoms with Gasteiger partial charge in [0.05, 0.1) is 0 Å². The van der Waals surface area contributed by atoms with Crippen LogP contribution in [0.1, 0.15) is 32.3 Å². The number of hydrogen-bond donors (Lipinski definition) is 1. The number of rotatable bonds is 3. The molecule has 3 heteroatoms. The first-order valence-corrected chi connectivity index (χ1v) is 6.76. The first kappa shape index (κ1) is 12.7. The molecule has 0 spiro atoms. The van der Waals surface area contributed by atoms with E-state index in [1.54, 1.807) is 0 Å². The molecule has 0 aromatic heterocycles. The Morgan fingerprint density at radius 1 is 1.53 bits per heavy atom. The van der Waals surface area contributed by atoms with Gasteiger partial charge in [0.15, 0.2) is 0 Å². The van der Waals surface area contributed by atoms with Gasteiger partial charge < -0.3 is 10.6 Å². The Kier molecular flexibility index (Phi) is 3.95. The van der Waals surface area contributed by atoms with E-state index in [9.17, 15) is 0 Å². The standard InChI is InChI=1S/C14H21ClN2/c1-10(16)8-12-9-13(15)5-6-14(12)17-7-3-4-11(17)2/h5-6,9-11H,3-4,7-8,16H2,1-2H3. The number of benzene rings is 1. The maximum Gasteiger partial charge on any atom is 0.0410 e. The second-order valence-corrected chi connectivity index (χ2v) is 5.58. The molecule has 2 rings (SSSR count). The van der Waals surface area contributed by atoms with Gasteiger partial charge in [0.1, 0.15) is 0 Å². The minimum atomic E-state index is 0.171. The Labute approximate surface area is 109 Å². The topological polar surface area (TPSA) is 29.3 Å². The summed E-state index contributed by atoms with van der Waals surface area (Å²) in [6, 6.07) is 6.98. The van der Waals surface area contributed by atoms with Gasteiger partial charge in [-0.25, -0.2) is 0 Å². The molecule has 1 heterocycles. The van der Waals surface area contributed by atoms with Gasteiger partial charge in [0.25, 0.3) is 0 Å². The molecule has 0 bridgehead atoms. The van der Waals surface area contributed by atoms with Gasteiger partial charge in [-0.05, 0) is 56.9 Å². The summed E-state index contributed by atoms with van der Waals surface area (Å²) in [5.41, 5.74) is 8.51. The largest absolute Gasteiger partial charge is 0.369 e.